The van der Waals surface area contributed by atoms with Gasteiger partial charge in [0.2, 0.25) is 0 Å². The van der Waals surface area contributed by atoms with Crippen LogP contribution in [-0.4, -0.2) is 38.0 Å². The molecule has 0 aliphatic carbocycles. The van der Waals surface area contributed by atoms with Crippen molar-refractivity contribution in [2.24, 2.45) is 0 Å². The maximum atomic E-state index is 12.2. The van der Waals surface area contributed by atoms with Gasteiger partial charge in [-0.1, -0.05) is 18.2 Å². The largest absolute Gasteiger partial charge is 0.466 e. The minimum atomic E-state index is -0.727. The summed E-state index contributed by atoms with van der Waals surface area (Å²) in [5, 5.41) is 11.2. The van der Waals surface area contributed by atoms with E-state index in [1.807, 2.05) is 0 Å². The molecule has 1 aromatic carbocycles. The van der Waals surface area contributed by atoms with E-state index >= 15 is 0 Å². The summed E-state index contributed by atoms with van der Waals surface area (Å²) in [7, 11) is 3.00. The summed E-state index contributed by atoms with van der Waals surface area (Å²) in [5.74, 6) is -1.21. The van der Waals surface area contributed by atoms with E-state index in [1.54, 1.807) is 25.1 Å². The molecule has 0 spiro atoms. The highest BCUT2D eigenvalue weighted by atomic mass is 16.7. The molecule has 1 aromatic rings. The van der Waals surface area contributed by atoms with Crippen LogP contribution in [0.1, 0.15) is 31.2 Å². The summed E-state index contributed by atoms with van der Waals surface area (Å²) in [5.41, 5.74) is 0.254. The Morgan fingerprint density at radius 2 is 1.86 bits per heavy atom. The first-order valence-corrected chi connectivity index (χ1v) is 7.00. The molecule has 0 aliphatic heterocycles. The van der Waals surface area contributed by atoms with Crippen LogP contribution in [0.15, 0.2) is 24.3 Å². The third kappa shape index (κ3) is 4.78. The van der Waals surface area contributed by atoms with Crippen LogP contribution < -0.4 is 0 Å². The SMILES string of the molecule is CCOC(=O)C(CCC(OC)OC)c1ccccc1[N+](=O)[O-]. The molecular formula is C15H21NO6. The van der Waals surface area contributed by atoms with Gasteiger partial charge in [-0.25, -0.2) is 0 Å². The van der Waals surface area contributed by atoms with E-state index in [-0.39, 0.29) is 12.3 Å². The highest BCUT2D eigenvalue weighted by molar-refractivity contribution is 5.79. The van der Waals surface area contributed by atoms with Gasteiger partial charge >= 0.3 is 5.97 Å². The molecule has 0 heterocycles. The molecule has 0 radical (unpaired) electrons. The first-order chi connectivity index (χ1) is 10.5. The van der Waals surface area contributed by atoms with Crippen molar-refractivity contribution in [3.63, 3.8) is 0 Å². The lowest BCUT2D eigenvalue weighted by Crippen LogP contribution is -2.21. The summed E-state index contributed by atoms with van der Waals surface area (Å²) >= 11 is 0. The van der Waals surface area contributed by atoms with Gasteiger partial charge in [-0.2, -0.15) is 0 Å². The number of para-hydroxylation sites is 1. The van der Waals surface area contributed by atoms with Crippen molar-refractivity contribution in [1.29, 1.82) is 0 Å². The summed E-state index contributed by atoms with van der Waals surface area (Å²) < 4.78 is 15.2. The van der Waals surface area contributed by atoms with Crippen molar-refractivity contribution in [3.05, 3.63) is 39.9 Å². The monoisotopic (exact) mass is 311 g/mol. The number of nitrogens with zero attached hydrogens (tertiary/aromatic N) is 1. The zero-order chi connectivity index (χ0) is 16.5. The van der Waals surface area contributed by atoms with Crippen LogP contribution in [0.3, 0.4) is 0 Å². The second-order valence-corrected chi connectivity index (χ2v) is 4.60. The van der Waals surface area contributed by atoms with Crippen molar-refractivity contribution >= 4 is 11.7 Å². The molecule has 22 heavy (non-hydrogen) atoms. The number of nitro groups is 1. The van der Waals surface area contributed by atoms with Crippen LogP contribution in [0.2, 0.25) is 0 Å². The molecule has 0 amide bonds. The third-order valence-corrected chi connectivity index (χ3v) is 3.30. The molecule has 1 unspecified atom stereocenters. The van der Waals surface area contributed by atoms with E-state index in [0.717, 1.165) is 0 Å². The van der Waals surface area contributed by atoms with E-state index in [9.17, 15) is 14.9 Å². The summed E-state index contributed by atoms with van der Waals surface area (Å²) in [4.78, 5) is 22.8. The van der Waals surface area contributed by atoms with Crippen molar-refractivity contribution in [1.82, 2.24) is 0 Å². The highest BCUT2D eigenvalue weighted by Crippen LogP contribution is 2.31. The lowest BCUT2D eigenvalue weighted by molar-refractivity contribution is -0.385. The Kier molecular flexibility index (Phi) is 7.48. The van der Waals surface area contributed by atoms with Crippen LogP contribution in [0.25, 0.3) is 0 Å². The standard InChI is InChI=1S/C15H21NO6/c1-4-22-15(17)12(9-10-14(20-2)21-3)11-7-5-6-8-13(11)16(18)19/h5-8,12,14H,4,9-10H2,1-3H3. The number of hydrogen-bond acceptors (Lipinski definition) is 6. The van der Waals surface area contributed by atoms with E-state index in [0.29, 0.717) is 18.4 Å². The lowest BCUT2D eigenvalue weighted by atomic mass is 9.92. The number of carbonyl (C=O) groups excluding carboxylic acids is 1. The first kappa shape index (κ1) is 18.1. The molecule has 0 fully saturated rings. The van der Waals surface area contributed by atoms with Gasteiger partial charge in [0.05, 0.1) is 17.4 Å². The molecule has 0 bridgehead atoms. The number of rotatable bonds is 9. The Labute approximate surface area is 129 Å². The van der Waals surface area contributed by atoms with Crippen LogP contribution >= 0.6 is 0 Å². The van der Waals surface area contributed by atoms with Crippen molar-refractivity contribution in [3.8, 4) is 0 Å². The molecule has 0 aliphatic rings. The minimum Gasteiger partial charge on any atom is -0.466 e. The van der Waals surface area contributed by atoms with Gasteiger partial charge in [0, 0.05) is 25.8 Å². The average Bonchev–Trinajstić information content (AvgIpc) is 2.52. The average molecular weight is 311 g/mol. The molecule has 0 saturated carbocycles. The molecule has 1 rings (SSSR count). The zero-order valence-corrected chi connectivity index (χ0v) is 13.0. The van der Waals surface area contributed by atoms with Crippen molar-refractivity contribution in [2.75, 3.05) is 20.8 Å². The molecule has 7 heteroatoms. The van der Waals surface area contributed by atoms with Gasteiger partial charge < -0.3 is 14.2 Å². The fourth-order valence-electron chi connectivity index (χ4n) is 2.23. The Balaban J connectivity index is 3.05. The molecule has 7 nitrogen and oxygen atoms in total. The summed E-state index contributed by atoms with van der Waals surface area (Å²) in [6.45, 7) is 1.91. The smallest absolute Gasteiger partial charge is 0.313 e. The number of carbonyl (C=O) groups is 1. The van der Waals surface area contributed by atoms with Crippen molar-refractivity contribution < 1.29 is 23.9 Å². The molecule has 122 valence electrons. The van der Waals surface area contributed by atoms with E-state index in [4.69, 9.17) is 14.2 Å². The van der Waals surface area contributed by atoms with Gasteiger partial charge in [0.25, 0.3) is 5.69 Å². The Morgan fingerprint density at radius 1 is 1.23 bits per heavy atom. The fourth-order valence-corrected chi connectivity index (χ4v) is 2.23. The summed E-state index contributed by atoms with van der Waals surface area (Å²) in [6.07, 6.45) is 0.276. The molecule has 0 saturated heterocycles. The zero-order valence-electron chi connectivity index (χ0n) is 13.0. The number of hydrogen-bond donors (Lipinski definition) is 0. The minimum absolute atomic E-state index is 0.0908. The van der Waals surface area contributed by atoms with Gasteiger partial charge in [-0.15, -0.1) is 0 Å². The van der Waals surface area contributed by atoms with Crippen LogP contribution in [-0.2, 0) is 19.0 Å². The highest BCUT2D eigenvalue weighted by Gasteiger charge is 2.29. The Morgan fingerprint density at radius 3 is 2.41 bits per heavy atom. The molecule has 0 N–H and O–H groups in total. The fraction of sp³-hybridized carbons (Fsp3) is 0.533. The Hall–Kier alpha value is -1.99. The van der Waals surface area contributed by atoms with E-state index in [1.165, 1.54) is 20.3 Å². The first-order valence-electron chi connectivity index (χ1n) is 7.00. The number of nitro benzene ring substituents is 1. The van der Waals surface area contributed by atoms with Gasteiger partial charge in [-0.05, 0) is 19.8 Å². The topological polar surface area (TPSA) is 87.9 Å². The second-order valence-electron chi connectivity index (χ2n) is 4.60. The predicted molar refractivity (Wildman–Crippen MR) is 79.5 cm³/mol. The lowest BCUT2D eigenvalue weighted by Gasteiger charge is -2.19. The molecule has 0 aromatic heterocycles. The number of esters is 1. The van der Waals surface area contributed by atoms with Gasteiger partial charge in [0.1, 0.15) is 0 Å². The molecular weight excluding hydrogens is 290 g/mol. The second kappa shape index (κ2) is 9.11. The van der Waals surface area contributed by atoms with E-state index in [2.05, 4.69) is 0 Å². The number of ether oxygens (including phenoxy) is 3. The maximum Gasteiger partial charge on any atom is 0.313 e. The van der Waals surface area contributed by atoms with Gasteiger partial charge in [-0.3, -0.25) is 14.9 Å². The van der Waals surface area contributed by atoms with Crippen LogP contribution in [0.5, 0.6) is 0 Å². The van der Waals surface area contributed by atoms with Crippen LogP contribution in [0.4, 0.5) is 5.69 Å². The predicted octanol–water partition coefficient (Wildman–Crippen LogP) is 2.64. The third-order valence-electron chi connectivity index (χ3n) is 3.30. The van der Waals surface area contributed by atoms with Crippen molar-refractivity contribution in [2.45, 2.75) is 32.0 Å². The number of methoxy groups -OCH3 is 2. The van der Waals surface area contributed by atoms with Crippen LogP contribution in [0, 0.1) is 10.1 Å². The Bertz CT molecular complexity index is 501. The molecule has 1 atom stereocenters. The summed E-state index contributed by atoms with van der Waals surface area (Å²) in [6, 6.07) is 6.19. The van der Waals surface area contributed by atoms with Gasteiger partial charge in [0.15, 0.2) is 6.29 Å². The quantitative estimate of drug-likeness (QED) is 0.301. The normalized spacial score (nSPS) is 12.2. The number of benzene rings is 1. The maximum absolute atomic E-state index is 12.2. The van der Waals surface area contributed by atoms with E-state index < -0.39 is 23.1 Å².